The Morgan fingerprint density at radius 1 is 1.11 bits per heavy atom. The minimum absolute atomic E-state index is 0.0443. The van der Waals surface area contributed by atoms with Crippen LogP contribution in [0.15, 0.2) is 48.7 Å². The van der Waals surface area contributed by atoms with E-state index in [9.17, 15) is 9.59 Å². The first-order valence-corrected chi connectivity index (χ1v) is 9.57. The van der Waals surface area contributed by atoms with Gasteiger partial charge in [0.25, 0.3) is 0 Å². The number of rotatable bonds is 6. The molecule has 1 atom stereocenters. The van der Waals surface area contributed by atoms with Gasteiger partial charge in [-0.3, -0.25) is 14.6 Å². The maximum Gasteiger partial charge on any atom is 0.227 e. The summed E-state index contributed by atoms with van der Waals surface area (Å²) >= 11 is 0. The van der Waals surface area contributed by atoms with E-state index in [-0.39, 0.29) is 24.3 Å². The van der Waals surface area contributed by atoms with E-state index >= 15 is 0 Å². The Morgan fingerprint density at radius 3 is 2.44 bits per heavy atom. The molecule has 0 bridgehead atoms. The number of aromatic nitrogens is 1. The van der Waals surface area contributed by atoms with Gasteiger partial charge in [-0.25, -0.2) is 0 Å². The van der Waals surface area contributed by atoms with Gasteiger partial charge >= 0.3 is 0 Å². The van der Waals surface area contributed by atoms with Gasteiger partial charge in [0.2, 0.25) is 11.8 Å². The summed E-state index contributed by atoms with van der Waals surface area (Å²) in [7, 11) is 0. The van der Waals surface area contributed by atoms with E-state index in [1.165, 1.54) is 0 Å². The van der Waals surface area contributed by atoms with Crippen molar-refractivity contribution in [2.75, 3.05) is 5.32 Å². The summed E-state index contributed by atoms with van der Waals surface area (Å²) in [6.07, 6.45) is 5.37. The Hall–Kier alpha value is -2.69. The van der Waals surface area contributed by atoms with Crippen molar-refractivity contribution in [3.05, 3.63) is 59.9 Å². The minimum Gasteiger partial charge on any atom is -0.348 e. The molecule has 2 amide bonds. The van der Waals surface area contributed by atoms with Gasteiger partial charge in [0.1, 0.15) is 0 Å². The predicted octanol–water partition coefficient (Wildman–Crippen LogP) is 4.16. The summed E-state index contributed by atoms with van der Waals surface area (Å²) in [6, 6.07) is 13.2. The molecule has 0 radical (unpaired) electrons. The molecule has 1 aromatic heterocycles. The van der Waals surface area contributed by atoms with E-state index in [0.717, 1.165) is 42.6 Å². The molecular weight excluding hydrogens is 338 g/mol. The number of pyridine rings is 1. The van der Waals surface area contributed by atoms with Crippen molar-refractivity contribution >= 4 is 17.5 Å². The standard InChI is InChI=1S/C22H27N3O2/c1-16-8-10-18(11-9-16)25-20(26)15-22(12-4-5-13-22)21(27)24-17(2)19-7-3-6-14-23-19/h3,6-11,14,17H,4-5,12-13,15H2,1-2H3,(H,24,27)(H,25,26)/t17-/m1/s1. The lowest BCUT2D eigenvalue weighted by molar-refractivity contribution is -0.135. The Labute approximate surface area is 160 Å². The maximum atomic E-state index is 13.1. The highest BCUT2D eigenvalue weighted by Gasteiger charge is 2.43. The second kappa shape index (κ2) is 8.33. The van der Waals surface area contributed by atoms with Crippen LogP contribution in [0.2, 0.25) is 0 Å². The largest absolute Gasteiger partial charge is 0.348 e. The molecule has 1 aliphatic rings. The molecule has 27 heavy (non-hydrogen) atoms. The van der Waals surface area contributed by atoms with E-state index in [1.807, 2.05) is 56.3 Å². The molecule has 1 saturated carbocycles. The molecule has 2 aromatic rings. The Balaban J connectivity index is 1.66. The number of aryl methyl sites for hydroxylation is 1. The highest BCUT2D eigenvalue weighted by molar-refractivity contribution is 5.96. The molecule has 5 nitrogen and oxygen atoms in total. The minimum atomic E-state index is -0.627. The smallest absolute Gasteiger partial charge is 0.227 e. The fourth-order valence-electron chi connectivity index (χ4n) is 3.74. The van der Waals surface area contributed by atoms with Crippen LogP contribution in [-0.4, -0.2) is 16.8 Å². The summed E-state index contributed by atoms with van der Waals surface area (Å²) in [5.74, 6) is -0.154. The van der Waals surface area contributed by atoms with Crippen LogP contribution in [0.3, 0.4) is 0 Å². The van der Waals surface area contributed by atoms with E-state index in [1.54, 1.807) is 6.20 Å². The third kappa shape index (κ3) is 4.73. The SMILES string of the molecule is Cc1ccc(NC(=O)CC2(C(=O)N[C@H](C)c3ccccn3)CCCC2)cc1. The van der Waals surface area contributed by atoms with Crippen LogP contribution < -0.4 is 10.6 Å². The lowest BCUT2D eigenvalue weighted by Crippen LogP contribution is -2.42. The molecule has 5 heteroatoms. The Kier molecular flexibility index (Phi) is 5.89. The van der Waals surface area contributed by atoms with Crippen molar-refractivity contribution in [2.24, 2.45) is 5.41 Å². The summed E-state index contributed by atoms with van der Waals surface area (Å²) < 4.78 is 0. The van der Waals surface area contributed by atoms with E-state index in [4.69, 9.17) is 0 Å². The monoisotopic (exact) mass is 365 g/mol. The summed E-state index contributed by atoms with van der Waals surface area (Å²) in [4.78, 5) is 30.0. The van der Waals surface area contributed by atoms with Gasteiger partial charge in [0, 0.05) is 18.3 Å². The molecular formula is C22H27N3O2. The van der Waals surface area contributed by atoms with Crippen molar-refractivity contribution in [1.29, 1.82) is 0 Å². The quantitative estimate of drug-likeness (QED) is 0.807. The van der Waals surface area contributed by atoms with Crippen molar-refractivity contribution in [3.63, 3.8) is 0 Å². The zero-order chi connectivity index (χ0) is 19.3. The summed E-state index contributed by atoms with van der Waals surface area (Å²) in [5, 5.41) is 6.00. The lowest BCUT2D eigenvalue weighted by Gasteiger charge is -2.29. The predicted molar refractivity (Wildman–Crippen MR) is 106 cm³/mol. The van der Waals surface area contributed by atoms with Gasteiger partial charge in [0.15, 0.2) is 0 Å². The average Bonchev–Trinajstić information content (AvgIpc) is 3.14. The fraction of sp³-hybridized carbons (Fsp3) is 0.409. The molecule has 2 N–H and O–H groups in total. The van der Waals surface area contributed by atoms with Crippen molar-refractivity contribution in [1.82, 2.24) is 10.3 Å². The zero-order valence-electron chi connectivity index (χ0n) is 16.0. The third-order valence-electron chi connectivity index (χ3n) is 5.36. The first-order valence-electron chi connectivity index (χ1n) is 9.57. The third-order valence-corrected chi connectivity index (χ3v) is 5.36. The van der Waals surface area contributed by atoms with Crippen LogP contribution in [0.4, 0.5) is 5.69 Å². The number of anilines is 1. The van der Waals surface area contributed by atoms with E-state index in [2.05, 4.69) is 15.6 Å². The van der Waals surface area contributed by atoms with Gasteiger partial charge in [-0.15, -0.1) is 0 Å². The molecule has 0 spiro atoms. The molecule has 1 aliphatic carbocycles. The Morgan fingerprint density at radius 2 is 1.81 bits per heavy atom. The molecule has 1 aromatic carbocycles. The first kappa shape index (κ1) is 19.1. The number of hydrogen-bond acceptors (Lipinski definition) is 3. The Bertz CT molecular complexity index is 781. The average molecular weight is 365 g/mol. The molecule has 1 heterocycles. The molecule has 1 fully saturated rings. The second-order valence-electron chi connectivity index (χ2n) is 7.53. The van der Waals surface area contributed by atoms with Crippen molar-refractivity contribution in [3.8, 4) is 0 Å². The topological polar surface area (TPSA) is 71.1 Å². The molecule has 142 valence electrons. The number of carbonyl (C=O) groups is 2. The summed E-state index contributed by atoms with van der Waals surface area (Å²) in [5.41, 5.74) is 2.10. The number of nitrogens with one attached hydrogen (secondary N) is 2. The van der Waals surface area contributed by atoms with Crippen LogP contribution in [0.1, 0.15) is 56.3 Å². The number of nitrogens with zero attached hydrogens (tertiary/aromatic N) is 1. The number of amides is 2. The van der Waals surface area contributed by atoms with Gasteiger partial charge in [-0.2, -0.15) is 0 Å². The molecule has 0 aliphatic heterocycles. The van der Waals surface area contributed by atoms with Crippen LogP contribution in [0.5, 0.6) is 0 Å². The van der Waals surface area contributed by atoms with Gasteiger partial charge in [-0.1, -0.05) is 36.6 Å². The lowest BCUT2D eigenvalue weighted by atomic mass is 9.81. The van der Waals surface area contributed by atoms with E-state index < -0.39 is 5.41 Å². The number of benzene rings is 1. The summed E-state index contributed by atoms with van der Waals surface area (Å²) in [6.45, 7) is 3.93. The van der Waals surface area contributed by atoms with Gasteiger partial charge < -0.3 is 10.6 Å². The van der Waals surface area contributed by atoms with Crippen LogP contribution >= 0.6 is 0 Å². The number of hydrogen-bond donors (Lipinski definition) is 2. The van der Waals surface area contributed by atoms with Crippen LogP contribution in [0.25, 0.3) is 0 Å². The molecule has 0 saturated heterocycles. The van der Waals surface area contributed by atoms with Crippen LogP contribution in [0, 0.1) is 12.3 Å². The number of carbonyl (C=O) groups excluding carboxylic acids is 2. The van der Waals surface area contributed by atoms with Crippen LogP contribution in [-0.2, 0) is 9.59 Å². The molecule has 3 rings (SSSR count). The normalized spacial score (nSPS) is 16.5. The van der Waals surface area contributed by atoms with Gasteiger partial charge in [0.05, 0.1) is 17.2 Å². The zero-order valence-corrected chi connectivity index (χ0v) is 16.0. The first-order chi connectivity index (χ1) is 13.0. The fourth-order valence-corrected chi connectivity index (χ4v) is 3.74. The second-order valence-corrected chi connectivity index (χ2v) is 7.53. The van der Waals surface area contributed by atoms with E-state index in [0.29, 0.717) is 0 Å². The van der Waals surface area contributed by atoms with Crippen molar-refractivity contribution in [2.45, 2.75) is 52.0 Å². The van der Waals surface area contributed by atoms with Gasteiger partial charge in [-0.05, 0) is 51.0 Å². The molecule has 0 unspecified atom stereocenters. The highest BCUT2D eigenvalue weighted by Crippen LogP contribution is 2.42. The van der Waals surface area contributed by atoms with Crippen molar-refractivity contribution < 1.29 is 9.59 Å². The maximum absolute atomic E-state index is 13.1. The highest BCUT2D eigenvalue weighted by atomic mass is 16.2.